The molecule has 0 aliphatic carbocycles. The van der Waals surface area contributed by atoms with Gasteiger partial charge in [-0.25, -0.2) is 15.0 Å². The number of halogens is 1. The topological polar surface area (TPSA) is 123 Å². The van der Waals surface area contributed by atoms with Crippen molar-refractivity contribution in [2.75, 3.05) is 10.6 Å². The Kier molecular flexibility index (Phi) is 5.23. The molecule has 0 fully saturated rings. The standard InChI is InChI=1S/C17H13ClN6O3/c1-10(25)11-4-2-5-12(8-11)22-16-14(24(26)27)17(21-9-20-16)23-13-6-3-7-19-15(13)18/h2-9H,1H3,(H2,20,21,22,23). The Morgan fingerprint density at radius 3 is 2.52 bits per heavy atom. The minimum atomic E-state index is -0.607. The van der Waals surface area contributed by atoms with Gasteiger partial charge in [-0.3, -0.25) is 14.9 Å². The first-order valence-electron chi connectivity index (χ1n) is 7.70. The van der Waals surface area contributed by atoms with Gasteiger partial charge in [0.25, 0.3) is 0 Å². The van der Waals surface area contributed by atoms with Crippen LogP contribution in [0, 0.1) is 10.1 Å². The van der Waals surface area contributed by atoms with Crippen molar-refractivity contribution in [2.45, 2.75) is 6.92 Å². The van der Waals surface area contributed by atoms with Crippen LogP contribution in [0.1, 0.15) is 17.3 Å². The molecule has 0 atom stereocenters. The summed E-state index contributed by atoms with van der Waals surface area (Å²) in [6, 6.07) is 9.82. The van der Waals surface area contributed by atoms with Crippen LogP contribution in [-0.4, -0.2) is 25.7 Å². The number of carbonyl (C=O) groups is 1. The maximum absolute atomic E-state index is 11.6. The van der Waals surface area contributed by atoms with Crippen LogP contribution in [0.25, 0.3) is 0 Å². The van der Waals surface area contributed by atoms with Crippen LogP contribution in [0.3, 0.4) is 0 Å². The summed E-state index contributed by atoms with van der Waals surface area (Å²) in [7, 11) is 0. The lowest BCUT2D eigenvalue weighted by Crippen LogP contribution is -2.06. The summed E-state index contributed by atoms with van der Waals surface area (Å²) in [6.45, 7) is 1.44. The van der Waals surface area contributed by atoms with E-state index in [0.29, 0.717) is 16.9 Å². The van der Waals surface area contributed by atoms with Crippen LogP contribution >= 0.6 is 11.6 Å². The number of nitro groups is 1. The SMILES string of the molecule is CC(=O)c1cccc(Nc2ncnc(Nc3cccnc3Cl)c2[N+](=O)[O-])c1. The average molecular weight is 385 g/mol. The molecule has 3 aromatic rings. The van der Waals surface area contributed by atoms with Gasteiger partial charge in [0, 0.05) is 17.4 Å². The van der Waals surface area contributed by atoms with Crippen molar-refractivity contribution in [3.63, 3.8) is 0 Å². The molecule has 2 N–H and O–H groups in total. The number of ketones is 1. The molecule has 0 bridgehead atoms. The Hall–Kier alpha value is -3.59. The predicted molar refractivity (Wildman–Crippen MR) is 101 cm³/mol. The molecule has 0 aliphatic heterocycles. The largest absolute Gasteiger partial charge is 0.353 e. The molecule has 0 spiro atoms. The van der Waals surface area contributed by atoms with Gasteiger partial charge in [0.15, 0.2) is 10.9 Å². The highest BCUT2D eigenvalue weighted by molar-refractivity contribution is 6.32. The molecular formula is C17H13ClN6O3. The van der Waals surface area contributed by atoms with Gasteiger partial charge in [-0.05, 0) is 31.2 Å². The van der Waals surface area contributed by atoms with Gasteiger partial charge in [-0.15, -0.1) is 0 Å². The third-order valence-corrected chi connectivity index (χ3v) is 3.85. The lowest BCUT2D eigenvalue weighted by molar-refractivity contribution is -0.383. The van der Waals surface area contributed by atoms with E-state index in [1.165, 1.54) is 19.4 Å². The maximum Gasteiger partial charge on any atom is 0.353 e. The van der Waals surface area contributed by atoms with Crippen LogP contribution in [0.15, 0.2) is 48.9 Å². The summed E-state index contributed by atoms with van der Waals surface area (Å²) in [5.74, 6) is -0.197. The first kappa shape index (κ1) is 18.2. The molecule has 3 rings (SSSR count). The van der Waals surface area contributed by atoms with Crippen molar-refractivity contribution in [3.8, 4) is 0 Å². The van der Waals surface area contributed by atoms with Gasteiger partial charge in [0.2, 0.25) is 11.6 Å². The second kappa shape index (κ2) is 7.75. The summed E-state index contributed by atoms with van der Waals surface area (Å²) in [5, 5.41) is 17.4. The fourth-order valence-electron chi connectivity index (χ4n) is 2.29. The fraction of sp³-hybridized carbons (Fsp3) is 0.0588. The number of rotatable bonds is 6. The molecule has 0 radical (unpaired) electrons. The smallest absolute Gasteiger partial charge is 0.334 e. The van der Waals surface area contributed by atoms with E-state index in [4.69, 9.17) is 11.6 Å². The summed E-state index contributed by atoms with van der Waals surface area (Å²) in [4.78, 5) is 34.3. The van der Waals surface area contributed by atoms with Crippen molar-refractivity contribution in [2.24, 2.45) is 0 Å². The van der Waals surface area contributed by atoms with Crippen molar-refractivity contribution in [1.29, 1.82) is 0 Å². The van der Waals surface area contributed by atoms with Crippen molar-refractivity contribution >= 4 is 46.1 Å². The number of anilines is 4. The predicted octanol–water partition coefficient (Wildman–Crippen LogP) is 4.12. The first-order valence-corrected chi connectivity index (χ1v) is 8.08. The molecule has 2 aromatic heterocycles. The van der Waals surface area contributed by atoms with E-state index in [1.54, 1.807) is 36.4 Å². The number of pyridine rings is 1. The molecule has 0 saturated heterocycles. The third kappa shape index (κ3) is 4.15. The molecule has 2 heterocycles. The molecule has 1 aromatic carbocycles. The third-order valence-electron chi connectivity index (χ3n) is 3.55. The molecule has 9 nitrogen and oxygen atoms in total. The summed E-state index contributed by atoms with van der Waals surface area (Å²) in [5.41, 5.74) is 0.947. The number of hydrogen-bond donors (Lipinski definition) is 2. The highest BCUT2D eigenvalue weighted by Gasteiger charge is 2.24. The maximum atomic E-state index is 11.6. The number of Topliss-reactive ketones (excluding diaryl/α,β-unsaturated/α-hetero) is 1. The summed E-state index contributed by atoms with van der Waals surface area (Å²) >= 11 is 5.99. The zero-order valence-corrected chi connectivity index (χ0v) is 14.8. The van der Waals surface area contributed by atoms with Crippen LogP contribution in [0.4, 0.5) is 28.7 Å². The van der Waals surface area contributed by atoms with E-state index in [-0.39, 0.29) is 28.3 Å². The molecule has 27 heavy (non-hydrogen) atoms. The molecule has 0 amide bonds. The van der Waals surface area contributed by atoms with Gasteiger partial charge in [-0.2, -0.15) is 0 Å². The van der Waals surface area contributed by atoms with E-state index in [1.807, 2.05) is 0 Å². The van der Waals surface area contributed by atoms with Crippen molar-refractivity contribution < 1.29 is 9.72 Å². The summed E-state index contributed by atoms with van der Waals surface area (Å²) < 4.78 is 0. The highest BCUT2D eigenvalue weighted by Crippen LogP contribution is 2.34. The Morgan fingerprint density at radius 1 is 1.11 bits per heavy atom. The number of benzene rings is 1. The molecule has 136 valence electrons. The average Bonchev–Trinajstić information content (AvgIpc) is 2.64. The Balaban J connectivity index is 1.99. The normalized spacial score (nSPS) is 10.3. The second-order valence-electron chi connectivity index (χ2n) is 5.41. The number of nitrogens with zero attached hydrogens (tertiary/aromatic N) is 4. The molecule has 10 heteroatoms. The van der Waals surface area contributed by atoms with Gasteiger partial charge >= 0.3 is 5.69 Å². The number of carbonyl (C=O) groups excluding carboxylic acids is 1. The number of aromatic nitrogens is 3. The molecule has 0 aliphatic rings. The van der Waals surface area contributed by atoms with E-state index < -0.39 is 4.92 Å². The molecular weight excluding hydrogens is 372 g/mol. The van der Waals surface area contributed by atoms with Crippen LogP contribution < -0.4 is 10.6 Å². The minimum Gasteiger partial charge on any atom is -0.334 e. The van der Waals surface area contributed by atoms with Gasteiger partial charge in [0.05, 0.1) is 10.6 Å². The molecule has 0 saturated carbocycles. The Labute approximate surface area is 158 Å². The van der Waals surface area contributed by atoms with E-state index in [9.17, 15) is 14.9 Å². The second-order valence-corrected chi connectivity index (χ2v) is 5.76. The quantitative estimate of drug-likeness (QED) is 0.281. The van der Waals surface area contributed by atoms with E-state index in [2.05, 4.69) is 25.6 Å². The number of hydrogen-bond acceptors (Lipinski definition) is 8. The molecule has 0 unspecified atom stereocenters. The van der Waals surface area contributed by atoms with Crippen LogP contribution in [0.2, 0.25) is 5.15 Å². The van der Waals surface area contributed by atoms with Gasteiger partial charge < -0.3 is 10.6 Å². The lowest BCUT2D eigenvalue weighted by Gasteiger charge is -2.11. The lowest BCUT2D eigenvalue weighted by atomic mass is 10.1. The van der Waals surface area contributed by atoms with Gasteiger partial charge in [0.1, 0.15) is 6.33 Å². The van der Waals surface area contributed by atoms with Crippen LogP contribution in [0.5, 0.6) is 0 Å². The fourth-order valence-corrected chi connectivity index (χ4v) is 2.46. The highest BCUT2D eigenvalue weighted by atomic mass is 35.5. The first-order chi connectivity index (χ1) is 13.0. The zero-order chi connectivity index (χ0) is 19.4. The number of nitrogens with one attached hydrogen (secondary N) is 2. The van der Waals surface area contributed by atoms with E-state index >= 15 is 0 Å². The Morgan fingerprint density at radius 2 is 1.85 bits per heavy atom. The van der Waals surface area contributed by atoms with Crippen molar-refractivity contribution in [3.05, 3.63) is 69.8 Å². The monoisotopic (exact) mass is 384 g/mol. The van der Waals surface area contributed by atoms with Crippen molar-refractivity contribution in [1.82, 2.24) is 15.0 Å². The van der Waals surface area contributed by atoms with Crippen LogP contribution in [-0.2, 0) is 0 Å². The minimum absolute atomic E-state index is 0.0294. The van der Waals surface area contributed by atoms with E-state index in [0.717, 1.165) is 0 Å². The summed E-state index contributed by atoms with van der Waals surface area (Å²) in [6.07, 6.45) is 2.67. The Bertz CT molecular complexity index is 1030. The zero-order valence-electron chi connectivity index (χ0n) is 14.0. The van der Waals surface area contributed by atoms with Gasteiger partial charge in [-0.1, -0.05) is 23.7 Å².